The molecule has 114 valence electrons. The quantitative estimate of drug-likeness (QED) is 0.785. The summed E-state index contributed by atoms with van der Waals surface area (Å²) in [6, 6.07) is 9.57. The first kappa shape index (κ1) is 14.5. The number of amides is 1. The van der Waals surface area contributed by atoms with Crippen molar-refractivity contribution in [3.63, 3.8) is 0 Å². The van der Waals surface area contributed by atoms with Gasteiger partial charge in [0.05, 0.1) is 18.2 Å². The summed E-state index contributed by atoms with van der Waals surface area (Å²) in [6.07, 6.45) is 3.60. The topological polar surface area (TPSA) is 61.4 Å². The van der Waals surface area contributed by atoms with Crippen molar-refractivity contribution in [2.75, 3.05) is 13.2 Å². The van der Waals surface area contributed by atoms with E-state index in [4.69, 9.17) is 0 Å². The molecule has 1 heterocycles. The Morgan fingerprint density at radius 1 is 1.38 bits per heavy atom. The summed E-state index contributed by atoms with van der Waals surface area (Å²) in [5, 5.41) is 16.2. The molecule has 0 bridgehead atoms. The van der Waals surface area contributed by atoms with Crippen LogP contribution in [0.15, 0.2) is 30.3 Å². The summed E-state index contributed by atoms with van der Waals surface area (Å²) in [5.41, 5.74) is 0.207. The van der Waals surface area contributed by atoms with E-state index < -0.39 is 5.54 Å². The number of benzene rings is 1. The van der Waals surface area contributed by atoms with Crippen molar-refractivity contribution in [1.82, 2.24) is 10.6 Å². The molecule has 1 saturated carbocycles. The molecule has 1 aliphatic heterocycles. The number of hydrogen-bond acceptors (Lipinski definition) is 3. The maximum atomic E-state index is 12.7. The Hall–Kier alpha value is -1.39. The minimum Gasteiger partial charge on any atom is -0.394 e. The van der Waals surface area contributed by atoms with Gasteiger partial charge in [-0.05, 0) is 43.7 Å². The second-order valence-electron chi connectivity index (χ2n) is 6.59. The van der Waals surface area contributed by atoms with Crippen LogP contribution in [0, 0.1) is 11.8 Å². The van der Waals surface area contributed by atoms with E-state index in [1.807, 2.05) is 37.3 Å². The van der Waals surface area contributed by atoms with Gasteiger partial charge in [0.25, 0.3) is 0 Å². The minimum absolute atomic E-state index is 0.0183. The Labute approximate surface area is 125 Å². The average molecular weight is 288 g/mol. The molecular formula is C17H24N2O2. The summed E-state index contributed by atoms with van der Waals surface area (Å²) in [4.78, 5) is 12.7. The van der Waals surface area contributed by atoms with E-state index >= 15 is 0 Å². The van der Waals surface area contributed by atoms with Crippen LogP contribution in [0.1, 0.15) is 31.7 Å². The number of hydrogen-bond donors (Lipinski definition) is 3. The van der Waals surface area contributed by atoms with E-state index in [1.165, 1.54) is 12.8 Å². The Kier molecular flexibility index (Phi) is 4.00. The van der Waals surface area contributed by atoms with Crippen molar-refractivity contribution in [2.24, 2.45) is 11.8 Å². The summed E-state index contributed by atoms with van der Waals surface area (Å²) in [7, 11) is 0. The number of rotatable bonds is 4. The maximum Gasteiger partial charge on any atom is 0.238 e. The lowest BCUT2D eigenvalue weighted by molar-refractivity contribution is -0.126. The third kappa shape index (κ3) is 2.70. The summed E-state index contributed by atoms with van der Waals surface area (Å²) < 4.78 is 0. The molecule has 0 spiro atoms. The van der Waals surface area contributed by atoms with E-state index in [0.29, 0.717) is 11.8 Å². The lowest BCUT2D eigenvalue weighted by Gasteiger charge is -2.31. The molecular weight excluding hydrogens is 264 g/mol. The summed E-state index contributed by atoms with van der Waals surface area (Å²) >= 11 is 0. The molecule has 0 aromatic heterocycles. The van der Waals surface area contributed by atoms with Crippen molar-refractivity contribution in [3.05, 3.63) is 35.9 Å². The average Bonchev–Trinajstić information content (AvgIpc) is 3.10. The van der Waals surface area contributed by atoms with E-state index in [2.05, 4.69) is 10.6 Å². The first-order chi connectivity index (χ1) is 10.1. The van der Waals surface area contributed by atoms with Crippen molar-refractivity contribution in [1.29, 1.82) is 0 Å². The highest BCUT2D eigenvalue weighted by Crippen LogP contribution is 2.38. The molecule has 4 heteroatoms. The fourth-order valence-electron chi connectivity index (χ4n) is 3.83. The van der Waals surface area contributed by atoms with Gasteiger partial charge >= 0.3 is 0 Å². The fourth-order valence-corrected chi connectivity index (χ4v) is 3.83. The first-order valence-electron chi connectivity index (χ1n) is 7.86. The molecule has 2 aliphatic rings. The van der Waals surface area contributed by atoms with Gasteiger partial charge in [-0.25, -0.2) is 0 Å². The van der Waals surface area contributed by atoms with Gasteiger partial charge in [-0.2, -0.15) is 0 Å². The number of aliphatic hydroxyl groups is 1. The molecule has 4 unspecified atom stereocenters. The third-order valence-electron chi connectivity index (χ3n) is 5.15. The fraction of sp³-hybridized carbons (Fsp3) is 0.588. The van der Waals surface area contributed by atoms with Crippen LogP contribution in [-0.2, 0) is 10.3 Å². The number of fused-ring (bicyclic) bond motifs is 1. The van der Waals surface area contributed by atoms with Crippen molar-refractivity contribution >= 4 is 5.91 Å². The Morgan fingerprint density at radius 2 is 2.14 bits per heavy atom. The van der Waals surface area contributed by atoms with Crippen molar-refractivity contribution in [2.45, 2.75) is 37.8 Å². The van der Waals surface area contributed by atoms with Gasteiger partial charge in [0.15, 0.2) is 0 Å². The van der Waals surface area contributed by atoms with E-state index in [9.17, 15) is 9.90 Å². The first-order valence-corrected chi connectivity index (χ1v) is 7.86. The number of nitrogens with one attached hydrogen (secondary N) is 2. The molecule has 3 N–H and O–H groups in total. The van der Waals surface area contributed by atoms with E-state index in [0.717, 1.165) is 18.5 Å². The SMILES string of the molecule is CC(CO)(NC(=O)C1NCC2CCCC21)c1ccccc1. The van der Waals surface area contributed by atoms with Crippen LogP contribution in [-0.4, -0.2) is 30.2 Å². The highest BCUT2D eigenvalue weighted by Gasteiger charge is 2.43. The smallest absolute Gasteiger partial charge is 0.238 e. The van der Waals surface area contributed by atoms with Crippen LogP contribution in [0.3, 0.4) is 0 Å². The van der Waals surface area contributed by atoms with Crippen molar-refractivity contribution in [3.8, 4) is 0 Å². The van der Waals surface area contributed by atoms with Crippen LogP contribution in [0.2, 0.25) is 0 Å². The zero-order chi connectivity index (χ0) is 14.9. The van der Waals surface area contributed by atoms with Gasteiger partial charge in [-0.1, -0.05) is 36.8 Å². The number of carbonyl (C=O) groups is 1. The molecule has 21 heavy (non-hydrogen) atoms. The summed E-state index contributed by atoms with van der Waals surface area (Å²) in [6.45, 7) is 2.72. The van der Waals surface area contributed by atoms with Gasteiger partial charge in [0.2, 0.25) is 5.91 Å². The van der Waals surface area contributed by atoms with Crippen LogP contribution in [0.4, 0.5) is 0 Å². The Balaban J connectivity index is 1.73. The molecule has 1 aliphatic carbocycles. The standard InChI is InChI=1S/C17H24N2O2/c1-17(11-20,13-7-3-2-4-8-13)19-16(21)15-14-9-5-6-12(14)10-18-15/h2-4,7-8,12,14-15,18,20H,5-6,9-11H2,1H3,(H,19,21). The molecule has 1 saturated heterocycles. The molecule has 1 aromatic carbocycles. The molecule has 4 nitrogen and oxygen atoms in total. The predicted octanol–water partition coefficient (Wildman–Crippen LogP) is 1.40. The molecule has 1 aromatic rings. The normalized spacial score (nSPS) is 30.7. The number of carbonyl (C=O) groups excluding carboxylic acids is 1. The zero-order valence-corrected chi connectivity index (χ0v) is 12.5. The van der Waals surface area contributed by atoms with Crippen LogP contribution < -0.4 is 10.6 Å². The van der Waals surface area contributed by atoms with Gasteiger partial charge in [0, 0.05) is 0 Å². The van der Waals surface area contributed by atoms with Crippen molar-refractivity contribution < 1.29 is 9.90 Å². The van der Waals surface area contributed by atoms with E-state index in [-0.39, 0.29) is 18.6 Å². The Bertz CT molecular complexity index is 505. The second kappa shape index (κ2) is 5.78. The molecule has 1 amide bonds. The molecule has 0 radical (unpaired) electrons. The largest absolute Gasteiger partial charge is 0.394 e. The number of aliphatic hydroxyl groups excluding tert-OH is 1. The summed E-state index contributed by atoms with van der Waals surface area (Å²) in [5.74, 6) is 1.13. The maximum absolute atomic E-state index is 12.7. The van der Waals surface area contributed by atoms with Crippen LogP contribution in [0.5, 0.6) is 0 Å². The van der Waals surface area contributed by atoms with Crippen LogP contribution in [0.25, 0.3) is 0 Å². The lowest BCUT2D eigenvalue weighted by Crippen LogP contribution is -2.53. The highest BCUT2D eigenvalue weighted by atomic mass is 16.3. The second-order valence-corrected chi connectivity index (χ2v) is 6.59. The molecule has 3 rings (SSSR count). The van der Waals surface area contributed by atoms with Gasteiger partial charge in [-0.3, -0.25) is 4.79 Å². The van der Waals surface area contributed by atoms with Gasteiger partial charge in [-0.15, -0.1) is 0 Å². The predicted molar refractivity (Wildman–Crippen MR) is 81.6 cm³/mol. The van der Waals surface area contributed by atoms with Gasteiger partial charge in [0.1, 0.15) is 0 Å². The minimum atomic E-state index is -0.725. The third-order valence-corrected chi connectivity index (χ3v) is 5.15. The molecule has 2 fully saturated rings. The monoisotopic (exact) mass is 288 g/mol. The lowest BCUT2D eigenvalue weighted by atomic mass is 9.90. The zero-order valence-electron chi connectivity index (χ0n) is 12.5. The highest BCUT2D eigenvalue weighted by molar-refractivity contribution is 5.83. The van der Waals surface area contributed by atoms with Gasteiger partial charge < -0.3 is 15.7 Å². The van der Waals surface area contributed by atoms with E-state index in [1.54, 1.807) is 0 Å². The van der Waals surface area contributed by atoms with Crippen LogP contribution >= 0.6 is 0 Å². The molecule has 4 atom stereocenters. The Morgan fingerprint density at radius 3 is 2.86 bits per heavy atom.